The minimum Gasteiger partial charge on any atom is -0.490 e. The van der Waals surface area contributed by atoms with Gasteiger partial charge in [0.15, 0.2) is 11.6 Å². The first-order valence-corrected chi connectivity index (χ1v) is 6.70. The Morgan fingerprint density at radius 3 is 2.45 bits per heavy atom. The van der Waals surface area contributed by atoms with Crippen molar-refractivity contribution in [2.75, 3.05) is 13.2 Å². The predicted molar refractivity (Wildman–Crippen MR) is 76.2 cm³/mol. The monoisotopic (exact) mass is 335 g/mol. The van der Waals surface area contributed by atoms with Gasteiger partial charge in [0.2, 0.25) is 0 Å². The molecule has 3 nitrogen and oxygen atoms in total. The second-order valence-corrected chi connectivity index (χ2v) is 4.65. The molecule has 0 fully saturated rings. The fourth-order valence-electron chi connectivity index (χ4n) is 1.56. The molecule has 0 bridgehead atoms. The summed E-state index contributed by atoms with van der Waals surface area (Å²) in [6, 6.07) is 14.1. The van der Waals surface area contributed by atoms with Crippen LogP contribution in [0.2, 0.25) is 0 Å². The van der Waals surface area contributed by atoms with Crippen LogP contribution in [-0.2, 0) is 0 Å². The van der Waals surface area contributed by atoms with Gasteiger partial charge in [-0.15, -0.1) is 0 Å². The summed E-state index contributed by atoms with van der Waals surface area (Å²) in [6.07, 6.45) is 0. The Labute approximate surface area is 124 Å². The van der Waals surface area contributed by atoms with Gasteiger partial charge in [0.05, 0.1) is 10.0 Å². The largest absolute Gasteiger partial charge is 0.490 e. The van der Waals surface area contributed by atoms with E-state index in [0.717, 1.165) is 5.75 Å². The van der Waals surface area contributed by atoms with Crippen molar-refractivity contribution in [3.05, 3.63) is 58.3 Å². The highest BCUT2D eigenvalue weighted by atomic mass is 79.9. The third kappa shape index (κ3) is 3.49. The normalized spacial score (nSPS) is 9.85. The molecule has 2 aromatic carbocycles. The first-order chi connectivity index (χ1) is 9.72. The van der Waals surface area contributed by atoms with Gasteiger partial charge in [0.1, 0.15) is 25.0 Å². The molecule has 0 heterocycles. The van der Waals surface area contributed by atoms with Crippen LogP contribution in [0.15, 0.2) is 46.9 Å². The van der Waals surface area contributed by atoms with Crippen LogP contribution in [0, 0.1) is 17.1 Å². The van der Waals surface area contributed by atoms with Crippen molar-refractivity contribution in [3.8, 4) is 17.6 Å². The average Bonchev–Trinajstić information content (AvgIpc) is 2.49. The van der Waals surface area contributed by atoms with Gasteiger partial charge in [0.25, 0.3) is 0 Å². The number of nitriles is 1. The van der Waals surface area contributed by atoms with Gasteiger partial charge in [-0.1, -0.05) is 18.2 Å². The van der Waals surface area contributed by atoms with Crippen molar-refractivity contribution in [1.82, 2.24) is 0 Å². The fraction of sp³-hybridized carbons (Fsp3) is 0.133. The molecule has 0 saturated heterocycles. The highest BCUT2D eigenvalue weighted by molar-refractivity contribution is 9.10. The number of benzene rings is 2. The van der Waals surface area contributed by atoms with Crippen molar-refractivity contribution in [2.24, 2.45) is 0 Å². The second-order valence-electron chi connectivity index (χ2n) is 3.86. The van der Waals surface area contributed by atoms with E-state index < -0.39 is 5.82 Å². The van der Waals surface area contributed by atoms with E-state index in [-0.39, 0.29) is 22.4 Å². The van der Waals surface area contributed by atoms with Gasteiger partial charge < -0.3 is 9.47 Å². The summed E-state index contributed by atoms with van der Waals surface area (Å²) in [5.74, 6) is 0.244. The lowest BCUT2D eigenvalue weighted by Crippen LogP contribution is -2.10. The first-order valence-electron chi connectivity index (χ1n) is 5.91. The molecule has 0 unspecified atom stereocenters. The van der Waals surface area contributed by atoms with Crippen molar-refractivity contribution in [3.63, 3.8) is 0 Å². The molecule has 0 aliphatic heterocycles. The Morgan fingerprint density at radius 1 is 1.05 bits per heavy atom. The average molecular weight is 336 g/mol. The maximum atomic E-state index is 13.8. The minimum absolute atomic E-state index is 0.0903. The number of nitrogens with zero attached hydrogens (tertiary/aromatic N) is 1. The van der Waals surface area contributed by atoms with Crippen LogP contribution in [0.4, 0.5) is 4.39 Å². The van der Waals surface area contributed by atoms with Crippen molar-refractivity contribution < 1.29 is 13.9 Å². The van der Waals surface area contributed by atoms with E-state index in [2.05, 4.69) is 15.9 Å². The van der Waals surface area contributed by atoms with E-state index in [1.54, 1.807) is 0 Å². The summed E-state index contributed by atoms with van der Waals surface area (Å²) >= 11 is 3.03. The van der Waals surface area contributed by atoms with Gasteiger partial charge >= 0.3 is 0 Å². The Balaban J connectivity index is 1.89. The van der Waals surface area contributed by atoms with Crippen LogP contribution in [-0.4, -0.2) is 13.2 Å². The van der Waals surface area contributed by atoms with E-state index in [0.29, 0.717) is 6.61 Å². The van der Waals surface area contributed by atoms with Crippen molar-refractivity contribution in [2.45, 2.75) is 0 Å². The molecule has 0 radical (unpaired) electrons. The smallest absolute Gasteiger partial charge is 0.180 e. The number of hydrogen-bond donors (Lipinski definition) is 0. The van der Waals surface area contributed by atoms with E-state index in [4.69, 9.17) is 14.7 Å². The van der Waals surface area contributed by atoms with Gasteiger partial charge in [-0.3, -0.25) is 0 Å². The maximum absolute atomic E-state index is 13.8. The maximum Gasteiger partial charge on any atom is 0.180 e. The van der Waals surface area contributed by atoms with Gasteiger partial charge in [-0.2, -0.15) is 5.26 Å². The lowest BCUT2D eigenvalue weighted by Gasteiger charge is -2.10. The molecule has 2 rings (SSSR count). The van der Waals surface area contributed by atoms with Gasteiger partial charge in [-0.25, -0.2) is 4.39 Å². The number of para-hydroxylation sites is 1. The summed E-state index contributed by atoms with van der Waals surface area (Å²) < 4.78 is 24.7. The zero-order valence-corrected chi connectivity index (χ0v) is 12.1. The zero-order chi connectivity index (χ0) is 14.4. The molecule has 0 atom stereocenters. The van der Waals surface area contributed by atoms with Crippen LogP contribution in [0.3, 0.4) is 0 Å². The molecule has 0 aromatic heterocycles. The number of hydrogen-bond acceptors (Lipinski definition) is 3. The van der Waals surface area contributed by atoms with E-state index >= 15 is 0 Å². The van der Waals surface area contributed by atoms with E-state index in [9.17, 15) is 4.39 Å². The molecular formula is C15H11BrFNO2. The number of halogens is 2. The SMILES string of the molecule is N#Cc1ccc(OCCOc2ccccc2)c(F)c1Br. The zero-order valence-electron chi connectivity index (χ0n) is 10.5. The summed E-state index contributed by atoms with van der Waals surface area (Å²) in [5.41, 5.74) is 0.232. The van der Waals surface area contributed by atoms with Gasteiger partial charge in [0, 0.05) is 0 Å². The quantitative estimate of drug-likeness (QED) is 0.778. The third-order valence-corrected chi connectivity index (χ3v) is 3.30. The number of ether oxygens (including phenoxy) is 2. The van der Waals surface area contributed by atoms with Crippen molar-refractivity contribution in [1.29, 1.82) is 5.26 Å². The summed E-state index contributed by atoms with van der Waals surface area (Å²) in [6.45, 7) is 0.519. The van der Waals surface area contributed by atoms with Crippen LogP contribution < -0.4 is 9.47 Å². The van der Waals surface area contributed by atoms with Crippen LogP contribution >= 0.6 is 15.9 Å². The molecular weight excluding hydrogens is 325 g/mol. The highest BCUT2D eigenvalue weighted by Crippen LogP contribution is 2.28. The minimum atomic E-state index is -0.580. The summed E-state index contributed by atoms with van der Waals surface area (Å²) in [7, 11) is 0. The second kappa shape index (κ2) is 6.92. The molecule has 0 aliphatic carbocycles. The Bertz CT molecular complexity index is 626. The molecule has 2 aromatic rings. The van der Waals surface area contributed by atoms with E-state index in [1.165, 1.54) is 12.1 Å². The third-order valence-electron chi connectivity index (χ3n) is 2.52. The molecule has 0 amide bonds. The van der Waals surface area contributed by atoms with Gasteiger partial charge in [-0.05, 0) is 40.2 Å². The van der Waals surface area contributed by atoms with E-state index in [1.807, 2.05) is 36.4 Å². The fourth-order valence-corrected chi connectivity index (χ4v) is 1.97. The highest BCUT2D eigenvalue weighted by Gasteiger charge is 2.11. The Morgan fingerprint density at radius 2 is 1.75 bits per heavy atom. The lowest BCUT2D eigenvalue weighted by atomic mass is 10.2. The van der Waals surface area contributed by atoms with Crippen molar-refractivity contribution >= 4 is 15.9 Å². The standard InChI is InChI=1S/C15H11BrFNO2/c16-14-11(10-18)6-7-13(15(14)17)20-9-8-19-12-4-2-1-3-5-12/h1-7H,8-9H2. The van der Waals surface area contributed by atoms with Crippen LogP contribution in [0.5, 0.6) is 11.5 Å². The van der Waals surface area contributed by atoms with Crippen LogP contribution in [0.25, 0.3) is 0 Å². The molecule has 0 saturated carbocycles. The molecule has 0 aliphatic rings. The summed E-state index contributed by atoms with van der Waals surface area (Å²) in [5, 5.41) is 8.77. The summed E-state index contributed by atoms with van der Waals surface area (Å²) in [4.78, 5) is 0. The molecule has 5 heteroatoms. The molecule has 102 valence electrons. The Hall–Kier alpha value is -2.06. The van der Waals surface area contributed by atoms with Crippen LogP contribution in [0.1, 0.15) is 5.56 Å². The first kappa shape index (κ1) is 14.4. The Kier molecular flexibility index (Phi) is 4.97. The molecule has 0 spiro atoms. The number of rotatable bonds is 5. The molecule has 20 heavy (non-hydrogen) atoms. The topological polar surface area (TPSA) is 42.2 Å². The predicted octanol–water partition coefficient (Wildman–Crippen LogP) is 3.92. The molecule has 0 N–H and O–H groups in total. The lowest BCUT2D eigenvalue weighted by molar-refractivity contribution is 0.211.